The summed E-state index contributed by atoms with van der Waals surface area (Å²) in [5, 5.41) is 1.87. The molecule has 1 heterocycles. The van der Waals surface area contributed by atoms with Crippen LogP contribution in [0.3, 0.4) is 0 Å². The topological polar surface area (TPSA) is 42.4 Å². The second-order valence-corrected chi connectivity index (χ2v) is 7.95. The molecule has 0 saturated carbocycles. The van der Waals surface area contributed by atoms with E-state index in [-0.39, 0.29) is 23.2 Å². The van der Waals surface area contributed by atoms with E-state index in [2.05, 4.69) is 4.98 Å². The fourth-order valence-electron chi connectivity index (χ4n) is 3.09. The van der Waals surface area contributed by atoms with E-state index in [4.69, 9.17) is 4.74 Å². The fraction of sp³-hybridized carbons (Fsp3) is 0.304. The van der Waals surface area contributed by atoms with Crippen molar-refractivity contribution in [3.63, 3.8) is 0 Å². The first-order valence-electron chi connectivity index (χ1n) is 10.1. The maximum absolute atomic E-state index is 13.7. The summed E-state index contributed by atoms with van der Waals surface area (Å²) in [6.45, 7) is 3.42. The number of anilines is 2. The van der Waals surface area contributed by atoms with Gasteiger partial charge >= 0.3 is 6.18 Å². The lowest BCUT2D eigenvalue weighted by Crippen LogP contribution is -2.23. The number of hydrogen-bond acceptors (Lipinski definition) is 4. The summed E-state index contributed by atoms with van der Waals surface area (Å²) in [5.74, 6) is -1.16. The minimum absolute atomic E-state index is 0.0331. The Bertz CT molecular complexity index is 1060. The molecular formula is C23H22F4N2O2S. The number of carbonyl (C=O) groups excluding carboxylic acids is 1. The van der Waals surface area contributed by atoms with Crippen molar-refractivity contribution in [1.29, 1.82) is 0 Å². The van der Waals surface area contributed by atoms with E-state index in [1.54, 1.807) is 17.5 Å². The number of rotatable bonds is 8. The van der Waals surface area contributed by atoms with Crippen LogP contribution in [0.5, 0.6) is 5.75 Å². The van der Waals surface area contributed by atoms with Gasteiger partial charge in [0.2, 0.25) is 5.91 Å². The van der Waals surface area contributed by atoms with Gasteiger partial charge in [-0.2, -0.15) is 13.2 Å². The number of halogens is 4. The van der Waals surface area contributed by atoms with Crippen molar-refractivity contribution in [2.75, 3.05) is 11.5 Å². The molecule has 4 nitrogen and oxygen atoms in total. The average molecular weight is 466 g/mol. The molecule has 0 fully saturated rings. The third-order valence-electron chi connectivity index (χ3n) is 4.67. The Morgan fingerprint density at radius 2 is 1.84 bits per heavy atom. The Morgan fingerprint density at radius 1 is 1.12 bits per heavy atom. The number of unbranched alkanes of at least 4 members (excludes halogenated alkanes) is 2. The smallest absolute Gasteiger partial charge is 0.420 e. The Kier molecular flexibility index (Phi) is 7.50. The molecule has 0 spiro atoms. The van der Waals surface area contributed by atoms with Crippen LogP contribution in [0.4, 0.5) is 28.4 Å². The number of alkyl halides is 3. The van der Waals surface area contributed by atoms with Gasteiger partial charge in [0.25, 0.3) is 0 Å². The van der Waals surface area contributed by atoms with Gasteiger partial charge in [0.1, 0.15) is 11.6 Å². The summed E-state index contributed by atoms with van der Waals surface area (Å²) in [6.07, 6.45) is -2.21. The zero-order valence-corrected chi connectivity index (χ0v) is 18.4. The van der Waals surface area contributed by atoms with Gasteiger partial charge in [-0.05, 0) is 48.9 Å². The third kappa shape index (κ3) is 5.64. The summed E-state index contributed by atoms with van der Waals surface area (Å²) < 4.78 is 59.6. The SMILES string of the molecule is CCCCCOc1ccc(N(C(C)=O)c2nc(-c3ccc(F)cc3)cs2)cc1C(F)(F)F. The largest absolute Gasteiger partial charge is 0.493 e. The van der Waals surface area contributed by atoms with Crippen LogP contribution < -0.4 is 9.64 Å². The highest BCUT2D eigenvalue weighted by Crippen LogP contribution is 2.41. The second-order valence-electron chi connectivity index (χ2n) is 7.11. The standard InChI is InChI=1S/C23H22F4N2O2S/c1-3-4-5-12-31-21-11-10-18(13-19(21)23(25,26)27)29(15(2)30)22-28-20(14-32-22)16-6-8-17(24)9-7-16/h6-11,13-14H,3-5,12H2,1-2H3. The molecule has 0 aliphatic rings. The quantitative estimate of drug-likeness (QED) is 0.260. The summed E-state index contributed by atoms with van der Waals surface area (Å²) in [6, 6.07) is 9.18. The molecule has 32 heavy (non-hydrogen) atoms. The van der Waals surface area contributed by atoms with Crippen LogP contribution in [0.25, 0.3) is 11.3 Å². The molecule has 1 aromatic heterocycles. The van der Waals surface area contributed by atoms with Crippen molar-refractivity contribution in [2.45, 2.75) is 39.3 Å². The second kappa shape index (κ2) is 10.1. The number of hydrogen-bond donors (Lipinski definition) is 0. The number of nitrogens with zero attached hydrogens (tertiary/aromatic N) is 2. The molecule has 9 heteroatoms. The van der Waals surface area contributed by atoms with Gasteiger partial charge in [0.05, 0.1) is 23.6 Å². The van der Waals surface area contributed by atoms with E-state index >= 15 is 0 Å². The Hall–Kier alpha value is -2.94. The Balaban J connectivity index is 1.94. The molecule has 0 unspecified atom stereocenters. The number of aromatic nitrogens is 1. The number of thiazole rings is 1. The lowest BCUT2D eigenvalue weighted by Gasteiger charge is -2.21. The van der Waals surface area contributed by atoms with Crippen molar-refractivity contribution >= 4 is 28.1 Å². The van der Waals surface area contributed by atoms with Crippen molar-refractivity contribution in [2.24, 2.45) is 0 Å². The van der Waals surface area contributed by atoms with Crippen LogP contribution in [0, 0.1) is 5.82 Å². The number of ether oxygens (including phenoxy) is 1. The zero-order chi connectivity index (χ0) is 23.3. The van der Waals surface area contributed by atoms with E-state index in [9.17, 15) is 22.4 Å². The molecule has 170 valence electrons. The van der Waals surface area contributed by atoms with Crippen LogP contribution in [-0.4, -0.2) is 17.5 Å². The van der Waals surface area contributed by atoms with Gasteiger partial charge in [0, 0.05) is 17.9 Å². The van der Waals surface area contributed by atoms with Crippen molar-refractivity contribution in [3.8, 4) is 17.0 Å². The van der Waals surface area contributed by atoms with Crippen LogP contribution in [0.1, 0.15) is 38.7 Å². The fourth-order valence-corrected chi connectivity index (χ4v) is 3.98. The van der Waals surface area contributed by atoms with Gasteiger partial charge < -0.3 is 4.74 Å². The van der Waals surface area contributed by atoms with E-state index in [0.717, 1.165) is 35.1 Å². The van der Waals surface area contributed by atoms with E-state index in [0.29, 0.717) is 17.7 Å². The van der Waals surface area contributed by atoms with Gasteiger partial charge in [-0.1, -0.05) is 19.8 Å². The van der Waals surface area contributed by atoms with Crippen molar-refractivity contribution in [3.05, 3.63) is 59.2 Å². The molecule has 0 atom stereocenters. The van der Waals surface area contributed by atoms with Crippen LogP contribution in [-0.2, 0) is 11.0 Å². The van der Waals surface area contributed by atoms with Gasteiger partial charge in [-0.3, -0.25) is 9.69 Å². The molecule has 0 aliphatic heterocycles. The summed E-state index contributed by atoms with van der Waals surface area (Å²) in [4.78, 5) is 17.9. The first-order valence-corrected chi connectivity index (χ1v) is 10.9. The van der Waals surface area contributed by atoms with Gasteiger partial charge in [-0.15, -0.1) is 11.3 Å². The van der Waals surface area contributed by atoms with Crippen molar-refractivity contribution < 1.29 is 27.1 Å². The zero-order valence-electron chi connectivity index (χ0n) is 17.6. The number of amides is 1. The molecule has 3 rings (SSSR count). The first-order chi connectivity index (χ1) is 15.2. The molecule has 0 radical (unpaired) electrons. The minimum atomic E-state index is -4.65. The lowest BCUT2D eigenvalue weighted by molar-refractivity contribution is -0.139. The van der Waals surface area contributed by atoms with Gasteiger partial charge in [-0.25, -0.2) is 9.37 Å². The molecule has 3 aromatic rings. The molecule has 0 N–H and O–H groups in total. The number of carbonyl (C=O) groups is 1. The monoisotopic (exact) mass is 466 g/mol. The minimum Gasteiger partial charge on any atom is -0.493 e. The molecule has 0 saturated heterocycles. The lowest BCUT2D eigenvalue weighted by atomic mass is 10.1. The predicted octanol–water partition coefficient (Wildman–Crippen LogP) is 7.22. The Labute approximate surface area is 187 Å². The first kappa shape index (κ1) is 23.7. The Morgan fingerprint density at radius 3 is 2.47 bits per heavy atom. The van der Waals surface area contributed by atoms with E-state index in [1.807, 2.05) is 6.92 Å². The summed E-state index contributed by atoms with van der Waals surface area (Å²) in [5.41, 5.74) is 0.200. The van der Waals surface area contributed by atoms with Crippen LogP contribution in [0.15, 0.2) is 47.8 Å². The highest BCUT2D eigenvalue weighted by atomic mass is 32.1. The summed E-state index contributed by atoms with van der Waals surface area (Å²) >= 11 is 1.10. The maximum atomic E-state index is 13.7. The highest BCUT2D eigenvalue weighted by Gasteiger charge is 2.35. The number of benzene rings is 2. The van der Waals surface area contributed by atoms with E-state index in [1.165, 1.54) is 31.2 Å². The average Bonchev–Trinajstić information content (AvgIpc) is 3.21. The normalized spacial score (nSPS) is 11.4. The molecule has 0 bridgehead atoms. The molecule has 0 aliphatic carbocycles. The maximum Gasteiger partial charge on any atom is 0.420 e. The van der Waals surface area contributed by atoms with E-state index < -0.39 is 23.5 Å². The predicted molar refractivity (Wildman–Crippen MR) is 117 cm³/mol. The molecule has 1 amide bonds. The van der Waals surface area contributed by atoms with Gasteiger partial charge in [0.15, 0.2) is 5.13 Å². The molecular weight excluding hydrogens is 444 g/mol. The van der Waals surface area contributed by atoms with Crippen molar-refractivity contribution in [1.82, 2.24) is 4.98 Å². The third-order valence-corrected chi connectivity index (χ3v) is 5.50. The van der Waals surface area contributed by atoms with Crippen LogP contribution in [0.2, 0.25) is 0 Å². The molecule has 2 aromatic carbocycles. The van der Waals surface area contributed by atoms with Crippen LogP contribution >= 0.6 is 11.3 Å². The summed E-state index contributed by atoms with van der Waals surface area (Å²) in [7, 11) is 0. The highest BCUT2D eigenvalue weighted by molar-refractivity contribution is 7.14.